The van der Waals surface area contributed by atoms with Gasteiger partial charge in [0.25, 0.3) is 0 Å². The molecule has 7 nitrogen and oxygen atoms in total. The molecule has 5 rings (SSSR count). The lowest BCUT2D eigenvalue weighted by atomic mass is 9.81. The zero-order valence-corrected chi connectivity index (χ0v) is 22.3. The van der Waals surface area contributed by atoms with Crippen molar-refractivity contribution >= 4 is 23.4 Å². The van der Waals surface area contributed by atoms with Crippen LogP contribution in [0.15, 0.2) is 72.0 Å². The number of halogens is 3. The maximum absolute atomic E-state index is 14.4. The van der Waals surface area contributed by atoms with Gasteiger partial charge < -0.3 is 4.74 Å². The number of hydrogen-bond donors (Lipinski definition) is 1. The average Bonchev–Trinajstić information content (AvgIpc) is 3.60. The summed E-state index contributed by atoms with van der Waals surface area (Å²) < 4.78 is 35.7. The molecule has 0 aliphatic carbocycles. The van der Waals surface area contributed by atoms with Gasteiger partial charge in [-0.3, -0.25) is 4.57 Å². The van der Waals surface area contributed by atoms with E-state index in [4.69, 9.17) is 21.3 Å². The van der Waals surface area contributed by atoms with Crippen LogP contribution in [0, 0.1) is 11.6 Å². The number of hydrogen-bond acceptors (Lipinski definition) is 6. The molecular weight excluding hydrogens is 530 g/mol. The standard InChI is InChI=1S/C27H23ClF2N6OS/c1-27(2,17-5-10-21(28)23(13-17)37-3)24-14-31-26(36(24)19-8-6-18(29)7-9-19)38-15-16-4-11-22(30)20(12-16)25-32-34-35-33-25/h4-14H,15H2,1-3H3,(H,32,33,34,35). The molecular formula is C27H23ClF2N6OS. The third-order valence-electron chi connectivity index (χ3n) is 6.33. The first-order valence-corrected chi connectivity index (χ1v) is 13.0. The zero-order chi connectivity index (χ0) is 26.9. The van der Waals surface area contributed by atoms with Crippen LogP contribution in [-0.2, 0) is 11.2 Å². The highest BCUT2D eigenvalue weighted by molar-refractivity contribution is 7.98. The number of benzene rings is 3. The number of thioether (sulfide) groups is 1. The number of rotatable bonds is 8. The van der Waals surface area contributed by atoms with E-state index in [-0.39, 0.29) is 17.2 Å². The fourth-order valence-corrected chi connectivity index (χ4v) is 5.31. The number of tetrazole rings is 1. The van der Waals surface area contributed by atoms with Gasteiger partial charge in [0, 0.05) is 16.9 Å². The number of H-pyrrole nitrogens is 1. The van der Waals surface area contributed by atoms with Crippen molar-refractivity contribution in [2.24, 2.45) is 0 Å². The summed E-state index contributed by atoms with van der Waals surface area (Å²) in [6, 6.07) is 16.8. The molecule has 0 amide bonds. The van der Waals surface area contributed by atoms with Gasteiger partial charge in [-0.1, -0.05) is 49.3 Å². The SMILES string of the molecule is COc1cc(C(C)(C)c2cnc(SCc3ccc(F)c(-c4nnn[nH]4)c3)n2-c2ccc(F)cc2)ccc1Cl. The zero-order valence-electron chi connectivity index (χ0n) is 20.7. The molecule has 5 aromatic rings. The molecule has 0 aliphatic heterocycles. The highest BCUT2D eigenvalue weighted by atomic mass is 35.5. The lowest BCUT2D eigenvalue weighted by Gasteiger charge is -2.28. The predicted molar refractivity (Wildman–Crippen MR) is 143 cm³/mol. The van der Waals surface area contributed by atoms with E-state index in [0.29, 0.717) is 21.7 Å². The topological polar surface area (TPSA) is 81.5 Å². The van der Waals surface area contributed by atoms with E-state index in [1.807, 2.05) is 29.0 Å². The minimum Gasteiger partial charge on any atom is -0.495 e. The van der Waals surface area contributed by atoms with Crippen LogP contribution in [0.4, 0.5) is 8.78 Å². The summed E-state index contributed by atoms with van der Waals surface area (Å²) in [7, 11) is 1.58. The van der Waals surface area contributed by atoms with Crippen LogP contribution >= 0.6 is 23.4 Å². The molecule has 0 unspecified atom stereocenters. The molecule has 0 spiro atoms. The number of nitrogens with zero attached hydrogens (tertiary/aromatic N) is 5. The highest BCUT2D eigenvalue weighted by Crippen LogP contribution is 2.39. The summed E-state index contributed by atoms with van der Waals surface area (Å²) in [5, 5.41) is 14.7. The van der Waals surface area contributed by atoms with Crippen LogP contribution in [0.25, 0.3) is 17.1 Å². The highest BCUT2D eigenvalue weighted by Gasteiger charge is 2.30. The Bertz CT molecular complexity index is 1570. The van der Waals surface area contributed by atoms with Gasteiger partial charge in [-0.25, -0.2) is 18.9 Å². The molecule has 0 atom stereocenters. The third-order valence-corrected chi connectivity index (χ3v) is 7.66. The Balaban J connectivity index is 1.53. The van der Waals surface area contributed by atoms with Crippen molar-refractivity contribution in [3.63, 3.8) is 0 Å². The van der Waals surface area contributed by atoms with Gasteiger partial charge in [-0.15, -0.1) is 5.10 Å². The Hall–Kier alpha value is -3.76. The van der Waals surface area contributed by atoms with Gasteiger partial charge >= 0.3 is 0 Å². The summed E-state index contributed by atoms with van der Waals surface area (Å²) >= 11 is 7.75. The smallest absolute Gasteiger partial charge is 0.182 e. The lowest BCUT2D eigenvalue weighted by molar-refractivity contribution is 0.413. The monoisotopic (exact) mass is 552 g/mol. The van der Waals surface area contributed by atoms with E-state index in [2.05, 4.69) is 34.5 Å². The molecule has 0 aliphatic rings. The van der Waals surface area contributed by atoms with Crippen molar-refractivity contribution in [2.45, 2.75) is 30.2 Å². The molecule has 0 saturated heterocycles. The number of ether oxygens (including phenoxy) is 1. The van der Waals surface area contributed by atoms with E-state index in [0.717, 1.165) is 22.5 Å². The van der Waals surface area contributed by atoms with Crippen LogP contribution in [0.2, 0.25) is 5.02 Å². The molecule has 38 heavy (non-hydrogen) atoms. The van der Waals surface area contributed by atoms with Crippen LogP contribution in [0.1, 0.15) is 30.7 Å². The minimum atomic E-state index is -0.513. The van der Waals surface area contributed by atoms with E-state index < -0.39 is 11.2 Å². The molecule has 0 radical (unpaired) electrons. The molecule has 0 bridgehead atoms. The first kappa shape index (κ1) is 25.9. The van der Waals surface area contributed by atoms with Gasteiger partial charge in [0.2, 0.25) is 0 Å². The second-order valence-corrected chi connectivity index (χ2v) is 10.4. The van der Waals surface area contributed by atoms with Crippen molar-refractivity contribution in [1.82, 2.24) is 30.2 Å². The van der Waals surface area contributed by atoms with Crippen LogP contribution in [0.5, 0.6) is 5.75 Å². The Morgan fingerprint density at radius 2 is 1.84 bits per heavy atom. The van der Waals surface area contributed by atoms with Gasteiger partial charge in [0.15, 0.2) is 11.0 Å². The van der Waals surface area contributed by atoms with Crippen molar-refractivity contribution in [1.29, 1.82) is 0 Å². The summed E-state index contributed by atoms with van der Waals surface area (Å²) in [6.45, 7) is 4.16. The number of methoxy groups -OCH3 is 1. The molecule has 1 N–H and O–H groups in total. The molecule has 2 aromatic heterocycles. The van der Waals surface area contributed by atoms with E-state index >= 15 is 0 Å². The molecule has 194 valence electrons. The first-order valence-electron chi connectivity index (χ1n) is 11.6. The van der Waals surface area contributed by atoms with Crippen molar-refractivity contribution in [3.05, 3.63) is 100 Å². The fraction of sp³-hybridized carbons (Fsp3) is 0.185. The third kappa shape index (κ3) is 5.01. The van der Waals surface area contributed by atoms with Gasteiger partial charge in [0.1, 0.15) is 17.4 Å². The van der Waals surface area contributed by atoms with E-state index in [9.17, 15) is 8.78 Å². The number of imidazole rings is 1. The van der Waals surface area contributed by atoms with E-state index in [1.165, 1.54) is 30.0 Å². The summed E-state index contributed by atoms with van der Waals surface area (Å²) in [5.74, 6) is 0.583. The van der Waals surface area contributed by atoms with Crippen molar-refractivity contribution in [2.75, 3.05) is 7.11 Å². The predicted octanol–water partition coefficient (Wildman–Crippen LogP) is 6.61. The van der Waals surface area contributed by atoms with Gasteiger partial charge in [0.05, 0.1) is 29.6 Å². The normalized spacial score (nSPS) is 11.6. The van der Waals surface area contributed by atoms with Gasteiger partial charge in [-0.05, 0) is 70.1 Å². The maximum atomic E-state index is 14.4. The fourth-order valence-electron chi connectivity index (χ4n) is 4.18. The molecule has 0 fully saturated rings. The quantitative estimate of drug-likeness (QED) is 0.218. The summed E-state index contributed by atoms with van der Waals surface area (Å²) in [4.78, 5) is 4.73. The number of nitrogens with one attached hydrogen (secondary N) is 1. The Labute approximate surface area is 227 Å². The second kappa shape index (κ2) is 10.5. The first-order chi connectivity index (χ1) is 18.3. The Kier molecular flexibility index (Phi) is 7.18. The number of aromatic nitrogens is 6. The Morgan fingerprint density at radius 1 is 1.05 bits per heavy atom. The Morgan fingerprint density at radius 3 is 2.55 bits per heavy atom. The molecule has 11 heteroatoms. The molecule has 3 aromatic carbocycles. The van der Waals surface area contributed by atoms with Crippen LogP contribution < -0.4 is 4.74 Å². The van der Waals surface area contributed by atoms with Gasteiger partial charge in [-0.2, -0.15) is 0 Å². The summed E-state index contributed by atoms with van der Waals surface area (Å²) in [6.07, 6.45) is 1.82. The maximum Gasteiger partial charge on any atom is 0.182 e. The largest absolute Gasteiger partial charge is 0.495 e. The van der Waals surface area contributed by atoms with Crippen molar-refractivity contribution < 1.29 is 13.5 Å². The lowest BCUT2D eigenvalue weighted by Crippen LogP contribution is -2.23. The molecule has 0 saturated carbocycles. The van der Waals surface area contributed by atoms with E-state index in [1.54, 1.807) is 31.4 Å². The molecule has 2 heterocycles. The number of aromatic amines is 1. The van der Waals surface area contributed by atoms with Crippen molar-refractivity contribution in [3.8, 4) is 22.8 Å². The average molecular weight is 553 g/mol. The second-order valence-electron chi connectivity index (χ2n) is 9.06. The van der Waals surface area contributed by atoms with Crippen LogP contribution in [0.3, 0.4) is 0 Å². The minimum absolute atomic E-state index is 0.254. The summed E-state index contributed by atoms with van der Waals surface area (Å²) in [5.41, 5.74) is 3.27. The van der Waals surface area contributed by atoms with Crippen LogP contribution in [-0.4, -0.2) is 37.3 Å².